The van der Waals surface area contributed by atoms with E-state index < -0.39 is 42.3 Å². The molecule has 6 rings (SSSR count). The molecule has 0 fully saturated rings. The number of urea groups is 1. The smallest absolute Gasteiger partial charge is 0.323 e. The van der Waals surface area contributed by atoms with Gasteiger partial charge in [-0.2, -0.15) is 0 Å². The number of benzene rings is 3. The number of unbranched alkanes of at least 4 members (excludes halogenated alkanes) is 3. The molecule has 1 aliphatic rings. The van der Waals surface area contributed by atoms with E-state index in [1.54, 1.807) is 54.9 Å². The van der Waals surface area contributed by atoms with Crippen LogP contribution in [0.5, 0.6) is 11.5 Å². The SMILES string of the molecule is Cc1ccccc1NC(=O)Nc1ccc(CC(=O)N[C@@H](CCCCNC(=O)CCCCCN(Cc2ccccn2)Cc2ccccn2)C(=O)N[C@@H](CC(=O)O)c2ccc3c(c2)OCO3)cc1.[Re]. The Labute approximate surface area is 404 Å². The van der Waals surface area contributed by atoms with Crippen molar-refractivity contribution in [3.05, 3.63) is 144 Å². The zero-order valence-corrected chi connectivity index (χ0v) is 40.3. The summed E-state index contributed by atoms with van der Waals surface area (Å²) in [7, 11) is 0. The molecule has 353 valence electrons. The molecular weight excluding hydrogens is 1030 g/mol. The van der Waals surface area contributed by atoms with E-state index in [9.17, 15) is 29.1 Å². The summed E-state index contributed by atoms with van der Waals surface area (Å²) in [5, 5.41) is 24.0. The second-order valence-corrected chi connectivity index (χ2v) is 16.2. The normalized spacial score (nSPS) is 12.3. The molecule has 0 spiro atoms. The van der Waals surface area contributed by atoms with Crippen LogP contribution in [0.2, 0.25) is 0 Å². The first kappa shape index (κ1) is 51.3. The number of nitrogens with zero attached hydrogens (tertiary/aromatic N) is 3. The van der Waals surface area contributed by atoms with Crippen molar-refractivity contribution in [2.24, 2.45) is 0 Å². The molecule has 1 radical (unpaired) electrons. The summed E-state index contributed by atoms with van der Waals surface area (Å²) < 4.78 is 10.9. The van der Waals surface area contributed by atoms with Crippen molar-refractivity contribution in [3.8, 4) is 11.5 Å². The van der Waals surface area contributed by atoms with E-state index >= 15 is 0 Å². The summed E-state index contributed by atoms with van der Waals surface area (Å²) in [6, 6.07) is 28.7. The van der Waals surface area contributed by atoms with E-state index in [1.807, 2.05) is 67.6 Å². The summed E-state index contributed by atoms with van der Waals surface area (Å²) in [5.41, 5.74) is 5.27. The van der Waals surface area contributed by atoms with Crippen molar-refractivity contribution < 1.29 is 59.0 Å². The fourth-order valence-corrected chi connectivity index (χ4v) is 7.48. The Morgan fingerprint density at radius 1 is 0.731 bits per heavy atom. The van der Waals surface area contributed by atoms with E-state index in [1.165, 1.54) is 0 Å². The van der Waals surface area contributed by atoms with Crippen LogP contribution in [-0.2, 0) is 59.1 Å². The van der Waals surface area contributed by atoms with Gasteiger partial charge < -0.3 is 41.2 Å². The number of pyridine rings is 2. The number of aliphatic carboxylic acids is 1. The van der Waals surface area contributed by atoms with Gasteiger partial charge in [0.25, 0.3) is 0 Å². The number of hydrogen-bond donors (Lipinski definition) is 6. The topological polar surface area (TPSA) is 213 Å². The third kappa shape index (κ3) is 17.6. The standard InChI is InChI=1S/C50H58N8O8.Re/c1-35-13-4-5-16-41(35)57-50(64)54-38-22-19-36(20-23-38)29-47(60)55-42(49(63)56-43(31-48(61)62)37-21-24-44-45(30-37)66-34-65-44)17-8-11-27-53-46(59)18-3-2-12-28-58(32-39-14-6-9-25-51-39)33-40-15-7-10-26-52-40;/h4-7,9-10,13-16,19-26,30,42-43H,2-3,8,11-12,17-18,27-29,31-34H2,1H3,(H,53,59)(H,55,60)(H,56,63)(H,61,62)(H2,54,57,64);/t42-,43-;/m0./s1. The summed E-state index contributed by atoms with van der Waals surface area (Å²) in [4.78, 5) is 75.9. The molecule has 0 saturated heterocycles. The number of anilines is 2. The number of rotatable bonds is 25. The first-order valence-corrected chi connectivity index (χ1v) is 22.3. The molecule has 5 aromatic rings. The third-order valence-electron chi connectivity index (χ3n) is 11.0. The quantitative estimate of drug-likeness (QED) is 0.0326. The van der Waals surface area contributed by atoms with Gasteiger partial charge in [0.15, 0.2) is 11.5 Å². The number of hydrogen-bond acceptors (Lipinski definition) is 10. The number of amides is 5. The van der Waals surface area contributed by atoms with Crippen LogP contribution in [0.4, 0.5) is 16.2 Å². The van der Waals surface area contributed by atoms with Crippen LogP contribution in [0, 0.1) is 6.92 Å². The van der Waals surface area contributed by atoms with Crippen molar-refractivity contribution in [2.75, 3.05) is 30.5 Å². The Hall–Kier alpha value is -6.67. The molecule has 3 aromatic carbocycles. The van der Waals surface area contributed by atoms with Gasteiger partial charge in [-0.25, -0.2) is 4.79 Å². The van der Waals surface area contributed by atoms with Gasteiger partial charge in [-0.05, 0) is 117 Å². The first-order valence-electron chi connectivity index (χ1n) is 22.3. The van der Waals surface area contributed by atoms with Crippen LogP contribution in [0.25, 0.3) is 0 Å². The van der Waals surface area contributed by atoms with Gasteiger partial charge in [0.2, 0.25) is 24.5 Å². The van der Waals surface area contributed by atoms with Gasteiger partial charge >= 0.3 is 12.0 Å². The summed E-state index contributed by atoms with van der Waals surface area (Å²) >= 11 is 0. The number of carboxylic acid groups (broad SMARTS) is 1. The number of carbonyl (C=O) groups excluding carboxylic acids is 4. The predicted octanol–water partition coefficient (Wildman–Crippen LogP) is 7.06. The van der Waals surface area contributed by atoms with Crippen LogP contribution >= 0.6 is 0 Å². The molecule has 0 bridgehead atoms. The van der Waals surface area contributed by atoms with Crippen LogP contribution < -0.4 is 36.1 Å². The minimum Gasteiger partial charge on any atom is -0.481 e. The number of ether oxygens (including phenoxy) is 2. The molecular formula is C50H58N8O8Re. The fourth-order valence-electron chi connectivity index (χ4n) is 7.48. The third-order valence-corrected chi connectivity index (χ3v) is 11.0. The van der Waals surface area contributed by atoms with Crippen molar-refractivity contribution in [2.45, 2.75) is 89.9 Å². The minimum atomic E-state index is -1.12. The maximum Gasteiger partial charge on any atom is 0.323 e. The summed E-state index contributed by atoms with van der Waals surface area (Å²) in [6.45, 7) is 4.58. The fraction of sp³-hybridized carbons (Fsp3) is 0.340. The number of nitrogens with one attached hydrogen (secondary N) is 5. The molecule has 0 unspecified atom stereocenters. The maximum absolute atomic E-state index is 13.9. The zero-order valence-electron chi connectivity index (χ0n) is 37.5. The molecule has 67 heavy (non-hydrogen) atoms. The minimum absolute atomic E-state index is 0. The second-order valence-electron chi connectivity index (χ2n) is 16.2. The molecule has 6 N–H and O–H groups in total. The molecule has 1 aliphatic heterocycles. The van der Waals surface area contributed by atoms with E-state index in [4.69, 9.17) is 9.47 Å². The Bertz CT molecular complexity index is 2330. The predicted molar refractivity (Wildman–Crippen MR) is 250 cm³/mol. The number of aryl methyl sites for hydroxylation is 1. The first-order chi connectivity index (χ1) is 32.1. The van der Waals surface area contributed by atoms with Gasteiger partial charge in [0.1, 0.15) is 6.04 Å². The zero-order chi connectivity index (χ0) is 46.5. The summed E-state index contributed by atoms with van der Waals surface area (Å²) in [5.74, 6) is -1.18. The number of para-hydroxylation sites is 1. The van der Waals surface area contributed by atoms with Gasteiger partial charge in [0, 0.05) is 70.2 Å². The molecule has 5 amide bonds. The van der Waals surface area contributed by atoms with E-state index in [0.717, 1.165) is 42.8 Å². The molecule has 16 nitrogen and oxygen atoms in total. The second kappa shape index (κ2) is 27.1. The van der Waals surface area contributed by atoms with E-state index in [0.29, 0.717) is 72.9 Å². The number of carbonyl (C=O) groups is 5. The van der Waals surface area contributed by atoms with Crippen molar-refractivity contribution in [3.63, 3.8) is 0 Å². The molecule has 2 aromatic heterocycles. The van der Waals surface area contributed by atoms with Crippen molar-refractivity contribution >= 4 is 41.1 Å². The Kier molecular flexibility index (Phi) is 20.7. The van der Waals surface area contributed by atoms with Crippen molar-refractivity contribution in [1.29, 1.82) is 0 Å². The molecule has 0 saturated carbocycles. The van der Waals surface area contributed by atoms with E-state index in [-0.39, 0.29) is 46.0 Å². The number of carboxylic acids is 1. The van der Waals surface area contributed by atoms with Gasteiger partial charge in [0.05, 0.1) is 30.3 Å². The number of aromatic nitrogens is 2. The van der Waals surface area contributed by atoms with Crippen LogP contribution in [0.1, 0.15) is 85.5 Å². The average Bonchev–Trinajstić information content (AvgIpc) is 3.78. The molecule has 3 heterocycles. The summed E-state index contributed by atoms with van der Waals surface area (Å²) in [6.07, 6.45) is 7.34. The number of fused-ring (bicyclic) bond motifs is 1. The Balaban J connectivity index is 0.00000840. The largest absolute Gasteiger partial charge is 0.481 e. The van der Waals surface area contributed by atoms with Gasteiger partial charge in [-0.1, -0.05) is 55.0 Å². The Morgan fingerprint density at radius 2 is 1.43 bits per heavy atom. The van der Waals surface area contributed by atoms with Crippen LogP contribution in [0.3, 0.4) is 0 Å². The average molecular weight is 1090 g/mol. The van der Waals surface area contributed by atoms with Gasteiger partial charge in [-0.15, -0.1) is 0 Å². The van der Waals surface area contributed by atoms with Crippen LogP contribution in [-0.4, -0.2) is 75.6 Å². The van der Waals surface area contributed by atoms with Gasteiger partial charge in [-0.3, -0.25) is 34.0 Å². The molecule has 0 aliphatic carbocycles. The molecule has 17 heteroatoms. The Morgan fingerprint density at radius 3 is 2.12 bits per heavy atom. The van der Waals surface area contributed by atoms with E-state index in [2.05, 4.69) is 41.5 Å². The maximum atomic E-state index is 13.9. The molecule has 2 atom stereocenters. The van der Waals surface area contributed by atoms with Crippen molar-refractivity contribution in [1.82, 2.24) is 30.8 Å². The van der Waals surface area contributed by atoms with Crippen LogP contribution in [0.15, 0.2) is 116 Å². The monoisotopic (exact) mass is 1090 g/mol.